The number of nitrogens with zero attached hydrogens (tertiary/aromatic N) is 4. The Balaban J connectivity index is 1.59. The molecule has 2 saturated heterocycles. The van der Waals surface area contributed by atoms with Crippen LogP contribution in [-0.2, 0) is 35.1 Å². The van der Waals surface area contributed by atoms with Gasteiger partial charge in [-0.25, -0.2) is 4.79 Å². The number of carbonyl (C=O) groups excluding carboxylic acids is 3. The molecule has 2 aliphatic rings. The molecule has 9 atom stereocenters. The molecule has 2 fully saturated rings. The molecule has 4 rings (SSSR count). The summed E-state index contributed by atoms with van der Waals surface area (Å²) in [5, 5.41) is 21.9. The van der Waals surface area contributed by atoms with Gasteiger partial charge in [0.2, 0.25) is 0 Å². The number of Topliss-reactive ketones (excluding diaryl/α,β-unsaturated/α-hetero) is 1. The number of aromatic nitrogens is 3. The van der Waals surface area contributed by atoms with Gasteiger partial charge in [0, 0.05) is 43.4 Å². The van der Waals surface area contributed by atoms with Crippen LogP contribution in [0.5, 0.6) is 0 Å². The Bertz CT molecular complexity index is 1560. The second-order valence-corrected chi connectivity index (χ2v) is 14.9. The maximum absolute atomic E-state index is 13.9. The molecule has 0 aliphatic carbocycles. The average Bonchev–Trinajstić information content (AvgIpc) is 3.66. The summed E-state index contributed by atoms with van der Waals surface area (Å²) in [6.07, 6.45) is 1.87. The highest BCUT2D eigenvalue weighted by molar-refractivity contribution is 6.16. The van der Waals surface area contributed by atoms with Gasteiger partial charge in [-0.1, -0.05) is 38.1 Å². The van der Waals surface area contributed by atoms with Crippen LogP contribution in [0.4, 0.5) is 10.5 Å². The molecule has 0 radical (unpaired) electrons. The fourth-order valence-electron chi connectivity index (χ4n) is 7.89. The van der Waals surface area contributed by atoms with Crippen molar-refractivity contribution in [1.29, 1.82) is 0 Å². The van der Waals surface area contributed by atoms with Crippen LogP contribution in [0.1, 0.15) is 73.6 Å². The Morgan fingerprint density at radius 1 is 1.18 bits per heavy atom. The van der Waals surface area contributed by atoms with Crippen LogP contribution in [0.3, 0.4) is 0 Å². The van der Waals surface area contributed by atoms with Crippen LogP contribution < -0.4 is 11.1 Å². The summed E-state index contributed by atoms with van der Waals surface area (Å²) < 4.78 is 19.9. The average molecular weight is 711 g/mol. The van der Waals surface area contributed by atoms with E-state index in [1.165, 1.54) is 0 Å². The number of rotatable bonds is 10. The minimum Gasteiger partial charge on any atom is -0.481 e. The molecule has 1 amide bonds. The molecule has 2 aliphatic heterocycles. The molecule has 0 bridgehead atoms. The van der Waals surface area contributed by atoms with Crippen molar-refractivity contribution in [3.63, 3.8) is 0 Å². The number of cyclic esters (lactones) is 1. The number of aryl methyl sites for hydroxylation is 1. The van der Waals surface area contributed by atoms with Gasteiger partial charge >= 0.3 is 18.0 Å². The number of amides is 1. The van der Waals surface area contributed by atoms with Gasteiger partial charge in [0.1, 0.15) is 31.3 Å². The van der Waals surface area contributed by atoms with Crippen LogP contribution in [0.2, 0.25) is 5.82 Å². The van der Waals surface area contributed by atoms with Crippen LogP contribution >= 0.6 is 0 Å². The van der Waals surface area contributed by atoms with E-state index in [0.29, 0.717) is 50.3 Å². The lowest BCUT2D eigenvalue weighted by molar-refractivity contribution is -0.173. The first kappa shape index (κ1) is 39.8. The van der Waals surface area contributed by atoms with Gasteiger partial charge in [-0.05, 0) is 76.9 Å². The third-order valence-electron chi connectivity index (χ3n) is 11.1. The van der Waals surface area contributed by atoms with E-state index in [9.17, 15) is 24.3 Å². The van der Waals surface area contributed by atoms with Crippen molar-refractivity contribution in [3.05, 3.63) is 30.5 Å². The van der Waals surface area contributed by atoms with E-state index in [-0.39, 0.29) is 24.2 Å². The zero-order chi connectivity index (χ0) is 37.7. The van der Waals surface area contributed by atoms with Gasteiger partial charge in [-0.15, -0.1) is 5.10 Å². The topological polar surface area (TPSA) is 188 Å². The number of nitrogens with one attached hydrogen (secondary N) is 1. The summed E-state index contributed by atoms with van der Waals surface area (Å²) in [5.41, 5.74) is 6.12. The number of ketones is 1. The summed E-state index contributed by atoms with van der Waals surface area (Å²) in [6.45, 7) is 12.8. The lowest BCUT2D eigenvalue weighted by Gasteiger charge is -2.41. The Morgan fingerprint density at radius 2 is 1.88 bits per heavy atom. The molecule has 2 aromatic rings. The second kappa shape index (κ2) is 16.6. The predicted molar refractivity (Wildman–Crippen MR) is 194 cm³/mol. The van der Waals surface area contributed by atoms with Crippen molar-refractivity contribution < 1.29 is 38.5 Å². The quantitative estimate of drug-likeness (QED) is 0.107. The number of methoxy groups -OCH3 is 1. The number of aliphatic carboxylic acids is 1. The summed E-state index contributed by atoms with van der Waals surface area (Å²) in [7, 11) is 3.50. The number of nitrogen functional groups attached to an aromatic ring is 1. The number of unbranched alkanes of at least 4 members (excludes halogenated alkanes) is 1. The summed E-state index contributed by atoms with van der Waals surface area (Å²) >= 11 is 0. The molecular weight excluding hydrogens is 655 g/mol. The molecule has 0 spiro atoms. The zero-order valence-corrected chi connectivity index (χ0v) is 31.3. The number of carboxylic acids is 1. The Labute approximate surface area is 301 Å². The third-order valence-corrected chi connectivity index (χ3v) is 11.1. The molecule has 0 unspecified atom stereocenters. The number of nitrogens with two attached hydrogens (primary N) is 1. The largest absolute Gasteiger partial charge is 0.481 e. The number of carbonyl (C=O) groups is 4. The first-order chi connectivity index (χ1) is 24.0. The van der Waals surface area contributed by atoms with E-state index in [2.05, 4.69) is 22.6 Å². The fourth-order valence-corrected chi connectivity index (χ4v) is 7.89. The number of anilines is 1. The van der Waals surface area contributed by atoms with Gasteiger partial charge < -0.3 is 30.4 Å². The number of hydrogen-bond acceptors (Lipinski definition) is 11. The Kier molecular flexibility index (Phi) is 12.9. The first-order valence-corrected chi connectivity index (χ1v) is 18.0. The van der Waals surface area contributed by atoms with E-state index < -0.39 is 65.4 Å². The maximum atomic E-state index is 13.9. The molecule has 3 heterocycles. The molecule has 51 heavy (non-hydrogen) atoms. The SMILES string of the molecule is B[C@@H]1[C@@H](C)C(=O)[C@@H](CC(=O)O)C(=O)O[C@H](CC)[C@@]2(C)OC(=O)N(CCCCn3cc(-c4cccc(N)c4)nn3)[C@@H]2[C@@H](C)NC[C@H](C)C[C@@]1(C)OC. The molecule has 1 aromatic carbocycles. The van der Waals surface area contributed by atoms with Gasteiger partial charge in [0.05, 0.1) is 24.3 Å². The molecule has 280 valence electrons. The van der Waals surface area contributed by atoms with E-state index >= 15 is 0 Å². The molecule has 1 aromatic heterocycles. The standard InChI is InChI=1S/C36H55BN6O8/c1-8-28-36(6)32(43(34(48)51-36)15-10-9-14-42-20-27(40-41-42)24-12-11-13-25(38)16-24)23(4)39-19-21(2)18-35(5,49-7)31(37)22(3)30(46)26(17-29(44)45)33(47)50-28/h11-13,16,20-23,26,28,31-32,39H,8-10,14-15,17-19,37-38H2,1-7H3,(H,44,45)/t21-,22+,23-,26-,28-,31-,32-,35-,36-/m1/s1. The minimum atomic E-state index is -1.53. The molecule has 4 N–H and O–H groups in total. The van der Waals surface area contributed by atoms with Crippen LogP contribution in [0.15, 0.2) is 30.5 Å². The minimum absolute atomic E-state index is 0.0968. The van der Waals surface area contributed by atoms with Gasteiger partial charge in [-0.2, -0.15) is 0 Å². The number of ether oxygens (including phenoxy) is 3. The summed E-state index contributed by atoms with van der Waals surface area (Å²) in [5.74, 6) is -5.19. The lowest BCUT2D eigenvalue weighted by Crippen LogP contribution is -2.61. The normalized spacial score (nSPS) is 32.4. The molecule has 15 heteroatoms. The molecule has 14 nitrogen and oxygen atoms in total. The van der Waals surface area contributed by atoms with Crippen LogP contribution in [-0.4, -0.2) is 106 Å². The van der Waals surface area contributed by atoms with Crippen molar-refractivity contribution in [1.82, 2.24) is 25.2 Å². The van der Waals surface area contributed by atoms with Crippen molar-refractivity contribution >= 4 is 37.3 Å². The van der Waals surface area contributed by atoms with E-state index in [1.54, 1.807) is 30.5 Å². The number of benzene rings is 1. The van der Waals surface area contributed by atoms with Crippen LogP contribution in [0, 0.1) is 17.8 Å². The van der Waals surface area contributed by atoms with Gasteiger partial charge in [0.25, 0.3) is 0 Å². The molecule has 0 saturated carbocycles. The first-order valence-electron chi connectivity index (χ1n) is 18.0. The summed E-state index contributed by atoms with van der Waals surface area (Å²) in [6, 6.07) is 6.60. The highest BCUT2D eigenvalue weighted by atomic mass is 16.6. The lowest BCUT2D eigenvalue weighted by atomic mass is 9.62. The van der Waals surface area contributed by atoms with Crippen molar-refractivity contribution in [2.75, 3.05) is 25.9 Å². The Morgan fingerprint density at radius 3 is 2.53 bits per heavy atom. The predicted octanol–water partition coefficient (Wildman–Crippen LogP) is 3.35. The number of carboxylic acid groups (broad SMARTS) is 1. The van der Waals surface area contributed by atoms with E-state index in [1.807, 2.05) is 59.1 Å². The van der Waals surface area contributed by atoms with Crippen molar-refractivity contribution in [3.8, 4) is 11.3 Å². The number of fused-ring (bicyclic) bond motifs is 1. The zero-order valence-electron chi connectivity index (χ0n) is 31.3. The number of esters is 1. The maximum Gasteiger partial charge on any atom is 0.410 e. The smallest absolute Gasteiger partial charge is 0.410 e. The van der Waals surface area contributed by atoms with Gasteiger partial charge in [0.15, 0.2) is 5.60 Å². The van der Waals surface area contributed by atoms with Crippen LogP contribution in [0.25, 0.3) is 11.3 Å². The summed E-state index contributed by atoms with van der Waals surface area (Å²) in [4.78, 5) is 55.0. The molecular formula is C36H55BN6O8. The van der Waals surface area contributed by atoms with E-state index in [0.717, 1.165) is 5.56 Å². The third kappa shape index (κ3) is 8.92. The van der Waals surface area contributed by atoms with Crippen molar-refractivity contribution in [2.24, 2.45) is 17.8 Å². The number of hydrogen-bond donors (Lipinski definition) is 3. The fraction of sp³-hybridized carbons (Fsp3) is 0.667. The second-order valence-electron chi connectivity index (χ2n) is 14.9. The van der Waals surface area contributed by atoms with Crippen molar-refractivity contribution in [2.45, 2.75) is 115 Å². The Hall–Kier alpha value is -3.98. The van der Waals surface area contributed by atoms with Gasteiger partial charge in [-0.3, -0.25) is 24.0 Å². The monoisotopic (exact) mass is 710 g/mol. The highest BCUT2D eigenvalue weighted by Gasteiger charge is 2.58. The highest BCUT2D eigenvalue weighted by Crippen LogP contribution is 2.41. The van der Waals surface area contributed by atoms with E-state index in [4.69, 9.17) is 19.9 Å².